The van der Waals surface area contributed by atoms with Gasteiger partial charge in [-0.15, -0.1) is 5.10 Å². The Kier molecular flexibility index (Phi) is 5.89. The fourth-order valence-corrected chi connectivity index (χ4v) is 5.41. The Morgan fingerprint density at radius 3 is 2.26 bits per heavy atom. The van der Waals surface area contributed by atoms with Crippen molar-refractivity contribution in [2.45, 2.75) is 50.1 Å². The first-order chi connectivity index (χ1) is 12.6. The van der Waals surface area contributed by atoms with E-state index < -0.39 is 0 Å². The van der Waals surface area contributed by atoms with Gasteiger partial charge in [0.25, 0.3) is 0 Å². The molecule has 1 heterocycles. The van der Waals surface area contributed by atoms with Crippen molar-refractivity contribution in [3.8, 4) is 5.69 Å². The van der Waals surface area contributed by atoms with Gasteiger partial charge < -0.3 is 0 Å². The van der Waals surface area contributed by atoms with E-state index in [1.54, 1.807) is 28.6 Å². The molecule has 3 rings (SSSR count). The van der Waals surface area contributed by atoms with Gasteiger partial charge in [0.1, 0.15) is 5.82 Å². The van der Waals surface area contributed by atoms with E-state index in [9.17, 15) is 4.39 Å². The first-order valence-electron chi connectivity index (χ1n) is 8.74. The van der Waals surface area contributed by atoms with Crippen LogP contribution < -0.4 is 0 Å². The van der Waals surface area contributed by atoms with Crippen molar-refractivity contribution in [3.63, 3.8) is 0 Å². The van der Waals surface area contributed by atoms with Crippen molar-refractivity contribution >= 4 is 35.3 Å². The summed E-state index contributed by atoms with van der Waals surface area (Å²) < 4.78 is 16.4. The maximum Gasteiger partial charge on any atom is 0.184 e. The van der Waals surface area contributed by atoms with E-state index in [0.29, 0.717) is 3.95 Å². The molecule has 0 amide bonds. The number of thioether (sulfide) groups is 1. The number of hydrogen-bond acceptors (Lipinski definition) is 4. The fraction of sp³-hybridized carbons (Fsp3) is 0.333. The van der Waals surface area contributed by atoms with Gasteiger partial charge in [0.05, 0.1) is 5.69 Å². The van der Waals surface area contributed by atoms with E-state index in [2.05, 4.69) is 51.9 Å². The van der Waals surface area contributed by atoms with Gasteiger partial charge in [-0.25, -0.2) is 9.07 Å². The highest BCUT2D eigenvalue weighted by Crippen LogP contribution is 2.32. The average molecular weight is 419 g/mol. The largest absolute Gasteiger partial charge is 0.211 e. The molecule has 0 atom stereocenters. The zero-order chi connectivity index (χ0) is 19.8. The fourth-order valence-electron chi connectivity index (χ4n) is 2.85. The summed E-state index contributed by atoms with van der Waals surface area (Å²) in [6.07, 6.45) is 0. The van der Waals surface area contributed by atoms with Crippen LogP contribution in [0, 0.1) is 23.6 Å². The van der Waals surface area contributed by atoms with Gasteiger partial charge in [0.15, 0.2) is 8.29 Å². The summed E-state index contributed by atoms with van der Waals surface area (Å²) in [5.41, 5.74) is 6.27. The van der Waals surface area contributed by atoms with Gasteiger partial charge in [-0.3, -0.25) is 0 Å². The highest BCUT2D eigenvalue weighted by atomic mass is 32.2. The lowest BCUT2D eigenvalue weighted by atomic mass is 9.84. The Labute approximate surface area is 173 Å². The van der Waals surface area contributed by atoms with Crippen molar-refractivity contribution in [1.82, 2.24) is 9.78 Å². The minimum absolute atomic E-state index is 0.147. The van der Waals surface area contributed by atoms with E-state index in [1.807, 2.05) is 0 Å². The third kappa shape index (κ3) is 4.68. The third-order valence-electron chi connectivity index (χ3n) is 4.50. The Hall–Kier alpha value is -1.50. The lowest BCUT2D eigenvalue weighted by Gasteiger charge is -2.22. The van der Waals surface area contributed by atoms with Gasteiger partial charge in [-0.1, -0.05) is 56.0 Å². The third-order valence-corrected chi connectivity index (χ3v) is 6.89. The van der Waals surface area contributed by atoms with Crippen LogP contribution in [0.2, 0.25) is 0 Å². The van der Waals surface area contributed by atoms with E-state index in [1.165, 1.54) is 45.7 Å². The predicted molar refractivity (Wildman–Crippen MR) is 116 cm³/mol. The van der Waals surface area contributed by atoms with Crippen molar-refractivity contribution in [1.29, 1.82) is 0 Å². The van der Waals surface area contributed by atoms with Crippen molar-refractivity contribution in [3.05, 3.63) is 68.4 Å². The molecular formula is C21H23FN2S3. The summed E-state index contributed by atoms with van der Waals surface area (Å²) in [7, 11) is 0. The zero-order valence-electron chi connectivity index (χ0n) is 16.2. The molecule has 0 aliphatic rings. The van der Waals surface area contributed by atoms with E-state index >= 15 is 0 Å². The number of nitrogens with zero attached hydrogens (tertiary/aromatic N) is 2. The van der Waals surface area contributed by atoms with Crippen LogP contribution in [0.25, 0.3) is 5.69 Å². The second kappa shape index (κ2) is 7.86. The number of aromatic nitrogens is 2. The van der Waals surface area contributed by atoms with Crippen LogP contribution in [0.15, 0.2) is 40.7 Å². The molecule has 0 radical (unpaired) electrons. The van der Waals surface area contributed by atoms with E-state index in [0.717, 1.165) is 15.8 Å². The molecule has 2 nitrogen and oxygen atoms in total. The zero-order valence-corrected chi connectivity index (χ0v) is 18.6. The number of hydrogen-bond donors (Lipinski definition) is 0. The molecule has 1 aromatic heterocycles. The molecule has 0 N–H and O–H groups in total. The summed E-state index contributed by atoms with van der Waals surface area (Å²) in [6, 6.07) is 10.8. The quantitative estimate of drug-likeness (QED) is 0.335. The smallest absolute Gasteiger partial charge is 0.184 e. The average Bonchev–Trinajstić information content (AvgIpc) is 2.94. The van der Waals surface area contributed by atoms with Crippen LogP contribution in [0.1, 0.15) is 43.0 Å². The summed E-state index contributed by atoms with van der Waals surface area (Å²) in [5.74, 6) is 0.591. The molecule has 0 saturated heterocycles. The first-order valence-corrected chi connectivity index (χ1v) is 11.0. The monoisotopic (exact) mass is 418 g/mol. The lowest BCUT2D eigenvalue weighted by molar-refractivity contribution is 0.589. The summed E-state index contributed by atoms with van der Waals surface area (Å²) in [4.78, 5) is 0. The van der Waals surface area contributed by atoms with E-state index in [4.69, 9.17) is 12.2 Å². The van der Waals surface area contributed by atoms with Gasteiger partial charge in [0.2, 0.25) is 0 Å². The number of aryl methyl sites for hydroxylation is 2. The van der Waals surface area contributed by atoms with Gasteiger partial charge in [-0.2, -0.15) is 0 Å². The molecule has 0 unspecified atom stereocenters. The lowest BCUT2D eigenvalue weighted by Crippen LogP contribution is -2.12. The normalized spacial score (nSPS) is 11.8. The number of halogens is 1. The minimum atomic E-state index is -0.264. The Morgan fingerprint density at radius 2 is 1.70 bits per heavy atom. The van der Waals surface area contributed by atoms with Gasteiger partial charge in [-0.05, 0) is 78.0 Å². The molecule has 0 saturated carbocycles. The summed E-state index contributed by atoms with van der Waals surface area (Å²) in [6.45, 7) is 11.1. The van der Waals surface area contributed by atoms with Crippen molar-refractivity contribution in [2.75, 3.05) is 0 Å². The molecule has 0 aliphatic carbocycles. The maximum atomic E-state index is 13.1. The topological polar surface area (TPSA) is 17.8 Å². The molecule has 0 bridgehead atoms. The summed E-state index contributed by atoms with van der Waals surface area (Å²) >= 11 is 8.62. The molecule has 3 aromatic rings. The standard InChI is InChI=1S/C21H23FN2S3/c1-13-10-15(21(3,4)5)11-14(2)18(13)12-26-19-23-24(20(25)27-19)17-8-6-16(22)7-9-17/h6-11H,12H2,1-5H3. The summed E-state index contributed by atoms with van der Waals surface area (Å²) in [5, 5.41) is 4.61. The van der Waals surface area contributed by atoms with Crippen LogP contribution in [0.4, 0.5) is 4.39 Å². The van der Waals surface area contributed by atoms with Crippen LogP contribution in [0.3, 0.4) is 0 Å². The van der Waals surface area contributed by atoms with Crippen LogP contribution in [-0.2, 0) is 11.2 Å². The highest BCUT2D eigenvalue weighted by molar-refractivity contribution is 8.00. The van der Waals surface area contributed by atoms with Crippen molar-refractivity contribution in [2.24, 2.45) is 0 Å². The van der Waals surface area contributed by atoms with Gasteiger partial charge >= 0.3 is 0 Å². The van der Waals surface area contributed by atoms with E-state index in [-0.39, 0.29) is 11.2 Å². The molecule has 6 heteroatoms. The molecule has 0 fully saturated rings. The molecular weight excluding hydrogens is 395 g/mol. The SMILES string of the molecule is Cc1cc(C(C)(C)C)cc(C)c1CSc1nn(-c2ccc(F)cc2)c(=S)s1. The van der Waals surface area contributed by atoms with Crippen molar-refractivity contribution < 1.29 is 4.39 Å². The molecule has 27 heavy (non-hydrogen) atoms. The molecule has 0 aliphatic heterocycles. The molecule has 2 aromatic carbocycles. The Bertz CT molecular complexity index is 988. The Morgan fingerprint density at radius 1 is 1.11 bits per heavy atom. The number of rotatable bonds is 4. The number of benzene rings is 2. The van der Waals surface area contributed by atoms with Crippen LogP contribution >= 0.6 is 35.3 Å². The molecule has 0 spiro atoms. The second-order valence-corrected chi connectivity index (χ2v) is 10.5. The Balaban J connectivity index is 1.81. The maximum absolute atomic E-state index is 13.1. The minimum Gasteiger partial charge on any atom is -0.211 e. The predicted octanol–water partition coefficient (Wildman–Crippen LogP) is 7.01. The van der Waals surface area contributed by atoms with Crippen LogP contribution in [0.5, 0.6) is 0 Å². The second-order valence-electron chi connectivity index (χ2n) is 7.65. The van der Waals surface area contributed by atoms with Gasteiger partial charge in [0, 0.05) is 5.75 Å². The van der Waals surface area contributed by atoms with Crippen LogP contribution in [-0.4, -0.2) is 9.78 Å². The molecule has 142 valence electrons. The highest BCUT2D eigenvalue weighted by Gasteiger charge is 2.17. The first kappa shape index (κ1) is 20.2.